The Morgan fingerprint density at radius 1 is 1.00 bits per heavy atom. The maximum absolute atomic E-state index is 12.3. The Bertz CT molecular complexity index is 913. The molecular weight excluding hydrogens is 336 g/mol. The summed E-state index contributed by atoms with van der Waals surface area (Å²) < 4.78 is 0. The highest BCUT2D eigenvalue weighted by Crippen LogP contribution is 2.12. The van der Waals surface area contributed by atoms with Crippen molar-refractivity contribution in [2.24, 2.45) is 0 Å². The minimum absolute atomic E-state index is 0.233. The number of nitriles is 1. The maximum Gasteiger partial charge on any atom is 0.257 e. The summed E-state index contributed by atoms with van der Waals surface area (Å²) >= 11 is 0. The molecule has 3 rings (SSSR count). The van der Waals surface area contributed by atoms with Gasteiger partial charge >= 0.3 is 0 Å². The molecule has 27 heavy (non-hydrogen) atoms. The molecule has 0 spiro atoms. The maximum atomic E-state index is 12.3. The summed E-state index contributed by atoms with van der Waals surface area (Å²) in [5, 5.41) is 14.9. The van der Waals surface area contributed by atoms with Crippen LogP contribution in [-0.4, -0.2) is 17.4 Å². The largest absolute Gasteiger partial charge is 0.370 e. The van der Waals surface area contributed by atoms with Gasteiger partial charge in [0, 0.05) is 18.4 Å². The predicted molar refractivity (Wildman–Crippen MR) is 107 cm³/mol. The Labute approximate surface area is 158 Å². The quantitative estimate of drug-likeness (QED) is 0.620. The molecule has 0 radical (unpaired) electrons. The molecule has 1 amide bonds. The summed E-state index contributed by atoms with van der Waals surface area (Å²) in [5.74, 6) is 0.515. The molecule has 0 unspecified atom stereocenters. The van der Waals surface area contributed by atoms with Crippen LogP contribution in [-0.2, 0) is 6.42 Å². The van der Waals surface area contributed by atoms with Gasteiger partial charge in [-0.2, -0.15) is 5.26 Å². The number of hydrogen-bond acceptors (Lipinski definition) is 4. The Morgan fingerprint density at radius 2 is 1.78 bits per heavy atom. The van der Waals surface area contributed by atoms with Crippen LogP contribution in [0.1, 0.15) is 27.9 Å². The van der Waals surface area contributed by atoms with Crippen molar-refractivity contribution in [1.82, 2.24) is 4.98 Å². The third-order valence-corrected chi connectivity index (χ3v) is 4.09. The van der Waals surface area contributed by atoms with Crippen molar-refractivity contribution in [3.8, 4) is 6.07 Å². The number of rotatable bonds is 7. The highest BCUT2D eigenvalue weighted by atomic mass is 16.1. The number of aromatic nitrogens is 1. The van der Waals surface area contributed by atoms with E-state index in [9.17, 15) is 4.79 Å². The van der Waals surface area contributed by atoms with Gasteiger partial charge in [-0.15, -0.1) is 0 Å². The fourth-order valence-corrected chi connectivity index (χ4v) is 2.62. The van der Waals surface area contributed by atoms with E-state index in [1.54, 1.807) is 42.6 Å². The lowest BCUT2D eigenvalue weighted by molar-refractivity contribution is 0.102. The number of carbonyl (C=O) groups is 1. The molecule has 0 fully saturated rings. The summed E-state index contributed by atoms with van der Waals surface area (Å²) in [5.41, 5.74) is 3.00. The summed E-state index contributed by atoms with van der Waals surface area (Å²) in [4.78, 5) is 16.6. The average molecular weight is 356 g/mol. The minimum atomic E-state index is -0.233. The van der Waals surface area contributed by atoms with Gasteiger partial charge in [0.05, 0.1) is 17.2 Å². The number of hydrogen-bond donors (Lipinski definition) is 2. The number of aryl methyl sites for hydroxylation is 1. The summed E-state index contributed by atoms with van der Waals surface area (Å²) in [6.07, 6.45) is 3.57. The second kappa shape index (κ2) is 9.16. The summed E-state index contributed by atoms with van der Waals surface area (Å²) in [6, 6.07) is 22.7. The third-order valence-electron chi connectivity index (χ3n) is 4.09. The molecule has 134 valence electrons. The smallest absolute Gasteiger partial charge is 0.257 e. The average Bonchev–Trinajstić information content (AvgIpc) is 2.73. The van der Waals surface area contributed by atoms with Crippen LogP contribution in [0.2, 0.25) is 0 Å². The van der Waals surface area contributed by atoms with E-state index in [2.05, 4.69) is 27.8 Å². The molecule has 0 atom stereocenters. The number of anilines is 2. The van der Waals surface area contributed by atoms with E-state index in [0.717, 1.165) is 25.2 Å². The highest BCUT2D eigenvalue weighted by Gasteiger charge is 2.07. The lowest BCUT2D eigenvalue weighted by atomic mass is 10.1. The third kappa shape index (κ3) is 5.41. The van der Waals surface area contributed by atoms with Crippen LogP contribution in [0.15, 0.2) is 72.9 Å². The number of benzene rings is 2. The topological polar surface area (TPSA) is 77.8 Å². The lowest BCUT2D eigenvalue weighted by Gasteiger charge is -2.08. The summed E-state index contributed by atoms with van der Waals surface area (Å²) in [7, 11) is 0. The zero-order valence-electron chi connectivity index (χ0n) is 14.9. The molecule has 2 aromatic carbocycles. The van der Waals surface area contributed by atoms with Crippen molar-refractivity contribution in [2.45, 2.75) is 12.8 Å². The zero-order valence-corrected chi connectivity index (χ0v) is 14.9. The van der Waals surface area contributed by atoms with Crippen molar-refractivity contribution < 1.29 is 4.79 Å². The van der Waals surface area contributed by atoms with Crippen LogP contribution in [0.5, 0.6) is 0 Å². The second-order valence-electron chi connectivity index (χ2n) is 6.09. The van der Waals surface area contributed by atoms with Crippen molar-refractivity contribution in [1.29, 1.82) is 5.26 Å². The molecule has 1 heterocycles. The SMILES string of the molecule is N#Cc1ccc(NC(=O)c2ccc(NCCCc3ccccc3)nc2)cc1. The highest BCUT2D eigenvalue weighted by molar-refractivity contribution is 6.04. The molecule has 0 saturated carbocycles. The second-order valence-corrected chi connectivity index (χ2v) is 6.09. The van der Waals surface area contributed by atoms with E-state index in [1.165, 1.54) is 5.56 Å². The molecule has 1 aromatic heterocycles. The Morgan fingerprint density at radius 3 is 2.44 bits per heavy atom. The molecule has 0 aliphatic heterocycles. The molecule has 5 heteroatoms. The summed E-state index contributed by atoms with van der Waals surface area (Å²) in [6.45, 7) is 0.818. The standard InChI is InChI=1S/C22H20N4O/c23-15-18-8-11-20(12-9-18)26-22(27)19-10-13-21(25-16-19)24-14-4-7-17-5-2-1-3-6-17/h1-3,5-6,8-13,16H,4,7,14H2,(H,24,25)(H,26,27). The van der Waals surface area contributed by atoms with Gasteiger partial charge in [0.2, 0.25) is 0 Å². The van der Waals surface area contributed by atoms with Gasteiger partial charge in [-0.25, -0.2) is 4.98 Å². The van der Waals surface area contributed by atoms with Crippen LogP contribution in [0.3, 0.4) is 0 Å². The van der Waals surface area contributed by atoms with Crippen LogP contribution >= 0.6 is 0 Å². The number of carbonyl (C=O) groups excluding carboxylic acids is 1. The van der Waals surface area contributed by atoms with E-state index in [4.69, 9.17) is 5.26 Å². The number of nitrogens with zero attached hydrogens (tertiary/aromatic N) is 2. The van der Waals surface area contributed by atoms with E-state index >= 15 is 0 Å². The van der Waals surface area contributed by atoms with Gasteiger partial charge in [-0.1, -0.05) is 30.3 Å². The van der Waals surface area contributed by atoms with Crippen LogP contribution in [0.4, 0.5) is 11.5 Å². The van der Waals surface area contributed by atoms with Gasteiger partial charge in [0.1, 0.15) is 5.82 Å². The van der Waals surface area contributed by atoms with Crippen molar-refractivity contribution >= 4 is 17.4 Å². The van der Waals surface area contributed by atoms with E-state index in [1.807, 2.05) is 24.3 Å². The zero-order chi connectivity index (χ0) is 18.9. The monoisotopic (exact) mass is 356 g/mol. The minimum Gasteiger partial charge on any atom is -0.370 e. The van der Waals surface area contributed by atoms with Crippen LogP contribution in [0.25, 0.3) is 0 Å². The van der Waals surface area contributed by atoms with Crippen molar-refractivity contribution in [2.75, 3.05) is 17.2 Å². The van der Waals surface area contributed by atoms with Crippen LogP contribution < -0.4 is 10.6 Å². The molecule has 0 saturated heterocycles. The first kappa shape index (κ1) is 18.2. The van der Waals surface area contributed by atoms with Gasteiger partial charge in [-0.3, -0.25) is 4.79 Å². The predicted octanol–water partition coefficient (Wildman–Crippen LogP) is 4.25. The molecule has 2 N–H and O–H groups in total. The number of amides is 1. The van der Waals surface area contributed by atoms with Gasteiger partial charge < -0.3 is 10.6 Å². The first-order valence-electron chi connectivity index (χ1n) is 8.80. The molecule has 0 bridgehead atoms. The fourth-order valence-electron chi connectivity index (χ4n) is 2.62. The molecule has 3 aromatic rings. The molecular formula is C22H20N4O. The van der Waals surface area contributed by atoms with E-state index in [-0.39, 0.29) is 5.91 Å². The lowest BCUT2D eigenvalue weighted by Crippen LogP contribution is -2.12. The van der Waals surface area contributed by atoms with E-state index in [0.29, 0.717) is 16.8 Å². The first-order chi connectivity index (χ1) is 13.2. The Balaban J connectivity index is 1.47. The fraction of sp³-hybridized carbons (Fsp3) is 0.136. The van der Waals surface area contributed by atoms with Crippen molar-refractivity contribution in [3.05, 3.63) is 89.6 Å². The first-order valence-corrected chi connectivity index (χ1v) is 8.80. The normalized spacial score (nSPS) is 10.0. The Hall–Kier alpha value is -3.65. The van der Waals surface area contributed by atoms with E-state index < -0.39 is 0 Å². The Kier molecular flexibility index (Phi) is 6.16. The van der Waals surface area contributed by atoms with Gasteiger partial charge in [0.15, 0.2) is 0 Å². The molecule has 0 aliphatic carbocycles. The van der Waals surface area contributed by atoms with Gasteiger partial charge in [0.25, 0.3) is 5.91 Å². The molecule has 5 nitrogen and oxygen atoms in total. The van der Waals surface area contributed by atoms with Crippen LogP contribution in [0, 0.1) is 11.3 Å². The van der Waals surface area contributed by atoms with Gasteiger partial charge in [-0.05, 0) is 54.8 Å². The molecule has 0 aliphatic rings. The van der Waals surface area contributed by atoms with Crippen molar-refractivity contribution in [3.63, 3.8) is 0 Å². The number of pyridine rings is 1. The number of nitrogens with one attached hydrogen (secondary N) is 2.